The molecule has 0 unspecified atom stereocenters. The van der Waals surface area contributed by atoms with Gasteiger partial charge < -0.3 is 10.1 Å². The number of fused-ring (bicyclic) bond motifs is 1. The highest BCUT2D eigenvalue weighted by Gasteiger charge is 2.32. The van der Waals surface area contributed by atoms with E-state index in [1.54, 1.807) is 0 Å². The van der Waals surface area contributed by atoms with Gasteiger partial charge in [0.05, 0.1) is 6.61 Å². The standard InChI is InChI=1S/C16H23N3O/c1-2-16-14(3-8-20-16)9-13(1)10-18-11-15(12-18)19-6-4-17-5-7-19/h1-2,9,15,17H,3-8,10-12H2. The van der Waals surface area contributed by atoms with Crippen molar-refractivity contribution in [3.8, 4) is 5.75 Å². The van der Waals surface area contributed by atoms with Crippen molar-refractivity contribution in [2.45, 2.75) is 19.0 Å². The van der Waals surface area contributed by atoms with Gasteiger partial charge in [-0.3, -0.25) is 9.80 Å². The summed E-state index contributed by atoms with van der Waals surface area (Å²) in [6.07, 6.45) is 1.08. The van der Waals surface area contributed by atoms with Crippen LogP contribution >= 0.6 is 0 Å². The minimum atomic E-state index is 0.787. The molecule has 0 atom stereocenters. The van der Waals surface area contributed by atoms with E-state index in [0.717, 1.165) is 44.5 Å². The van der Waals surface area contributed by atoms with Crippen molar-refractivity contribution in [2.24, 2.45) is 0 Å². The van der Waals surface area contributed by atoms with E-state index in [1.807, 2.05) is 0 Å². The Balaban J connectivity index is 1.31. The Bertz CT molecular complexity index is 479. The van der Waals surface area contributed by atoms with E-state index in [1.165, 1.54) is 37.3 Å². The zero-order valence-corrected chi connectivity index (χ0v) is 12.0. The number of ether oxygens (including phenoxy) is 1. The molecule has 0 spiro atoms. The average molecular weight is 273 g/mol. The van der Waals surface area contributed by atoms with Crippen molar-refractivity contribution in [3.63, 3.8) is 0 Å². The Hall–Kier alpha value is -1.10. The van der Waals surface area contributed by atoms with Gasteiger partial charge in [0.25, 0.3) is 0 Å². The van der Waals surface area contributed by atoms with Gasteiger partial charge in [0.15, 0.2) is 0 Å². The lowest BCUT2D eigenvalue weighted by atomic mass is 10.0. The summed E-state index contributed by atoms with van der Waals surface area (Å²) < 4.78 is 5.57. The molecule has 3 heterocycles. The molecule has 1 N–H and O–H groups in total. The van der Waals surface area contributed by atoms with Crippen LogP contribution < -0.4 is 10.1 Å². The number of rotatable bonds is 3. The quantitative estimate of drug-likeness (QED) is 0.878. The first-order valence-electron chi connectivity index (χ1n) is 7.80. The molecule has 4 rings (SSSR count). The van der Waals surface area contributed by atoms with Crippen LogP contribution in [0, 0.1) is 0 Å². The van der Waals surface area contributed by atoms with Gasteiger partial charge >= 0.3 is 0 Å². The molecule has 20 heavy (non-hydrogen) atoms. The van der Waals surface area contributed by atoms with Crippen LogP contribution in [0.1, 0.15) is 11.1 Å². The molecule has 2 saturated heterocycles. The highest BCUT2D eigenvalue weighted by Crippen LogP contribution is 2.27. The van der Waals surface area contributed by atoms with E-state index in [-0.39, 0.29) is 0 Å². The third-order valence-corrected chi connectivity index (χ3v) is 4.77. The second-order valence-corrected chi connectivity index (χ2v) is 6.17. The molecule has 2 fully saturated rings. The van der Waals surface area contributed by atoms with Crippen molar-refractivity contribution in [2.75, 3.05) is 45.9 Å². The summed E-state index contributed by atoms with van der Waals surface area (Å²) in [7, 11) is 0. The van der Waals surface area contributed by atoms with Gasteiger partial charge in [-0.15, -0.1) is 0 Å². The molecule has 0 saturated carbocycles. The monoisotopic (exact) mass is 273 g/mol. The molecule has 1 aromatic rings. The van der Waals surface area contributed by atoms with Crippen LogP contribution in [0.4, 0.5) is 0 Å². The van der Waals surface area contributed by atoms with Gasteiger partial charge in [-0.25, -0.2) is 0 Å². The summed E-state index contributed by atoms with van der Waals surface area (Å²) in [5.41, 5.74) is 2.83. The number of piperazine rings is 1. The number of hydrogen-bond acceptors (Lipinski definition) is 4. The molecular weight excluding hydrogens is 250 g/mol. The highest BCUT2D eigenvalue weighted by molar-refractivity contribution is 5.39. The molecule has 4 nitrogen and oxygen atoms in total. The van der Waals surface area contributed by atoms with E-state index in [2.05, 4.69) is 33.3 Å². The second-order valence-electron chi connectivity index (χ2n) is 6.17. The van der Waals surface area contributed by atoms with E-state index in [4.69, 9.17) is 4.74 Å². The molecule has 108 valence electrons. The van der Waals surface area contributed by atoms with Crippen molar-refractivity contribution < 1.29 is 4.74 Å². The van der Waals surface area contributed by atoms with Crippen molar-refractivity contribution >= 4 is 0 Å². The summed E-state index contributed by atoms with van der Waals surface area (Å²) in [5.74, 6) is 1.09. The van der Waals surface area contributed by atoms with Crippen LogP contribution in [0.5, 0.6) is 5.75 Å². The van der Waals surface area contributed by atoms with Gasteiger partial charge in [0, 0.05) is 58.3 Å². The zero-order chi connectivity index (χ0) is 13.4. The second kappa shape index (κ2) is 5.35. The Labute approximate surface area is 120 Å². The SMILES string of the molecule is c1cc2c(cc1CN1CC(N3CCNCC3)C1)CCO2. The molecule has 4 heteroatoms. The minimum absolute atomic E-state index is 0.787. The van der Waals surface area contributed by atoms with Crippen LogP contribution in [-0.2, 0) is 13.0 Å². The fraction of sp³-hybridized carbons (Fsp3) is 0.625. The third-order valence-electron chi connectivity index (χ3n) is 4.77. The summed E-state index contributed by atoms with van der Waals surface area (Å²) in [4.78, 5) is 5.20. The van der Waals surface area contributed by atoms with E-state index in [9.17, 15) is 0 Å². The Kier molecular flexibility index (Phi) is 3.38. The Morgan fingerprint density at radius 1 is 1.20 bits per heavy atom. The van der Waals surface area contributed by atoms with Gasteiger partial charge in [-0.2, -0.15) is 0 Å². The summed E-state index contributed by atoms with van der Waals surface area (Å²) in [6.45, 7) is 9.15. The zero-order valence-electron chi connectivity index (χ0n) is 12.0. The van der Waals surface area contributed by atoms with Gasteiger partial charge in [0.1, 0.15) is 5.75 Å². The molecule has 0 aliphatic carbocycles. The van der Waals surface area contributed by atoms with Crippen LogP contribution in [-0.4, -0.2) is 61.7 Å². The molecule has 0 radical (unpaired) electrons. The maximum Gasteiger partial charge on any atom is 0.122 e. The Morgan fingerprint density at radius 2 is 2.05 bits per heavy atom. The topological polar surface area (TPSA) is 27.7 Å². The number of likely N-dealkylation sites (tertiary alicyclic amines) is 1. The third kappa shape index (κ3) is 2.43. The summed E-state index contributed by atoms with van der Waals surface area (Å²) >= 11 is 0. The molecule has 0 amide bonds. The molecule has 0 aromatic heterocycles. The van der Waals surface area contributed by atoms with Crippen molar-refractivity contribution in [1.29, 1.82) is 0 Å². The highest BCUT2D eigenvalue weighted by atomic mass is 16.5. The smallest absolute Gasteiger partial charge is 0.122 e. The van der Waals surface area contributed by atoms with Crippen molar-refractivity contribution in [3.05, 3.63) is 29.3 Å². The molecule has 0 bridgehead atoms. The number of hydrogen-bond donors (Lipinski definition) is 1. The van der Waals surface area contributed by atoms with E-state index in [0.29, 0.717) is 0 Å². The minimum Gasteiger partial charge on any atom is -0.493 e. The van der Waals surface area contributed by atoms with Crippen LogP contribution in [0.3, 0.4) is 0 Å². The lowest BCUT2D eigenvalue weighted by Gasteiger charge is -2.47. The lowest BCUT2D eigenvalue weighted by Crippen LogP contribution is -2.62. The Morgan fingerprint density at radius 3 is 2.90 bits per heavy atom. The first kappa shape index (κ1) is 12.6. The van der Waals surface area contributed by atoms with Gasteiger partial charge in [-0.05, 0) is 17.2 Å². The lowest BCUT2D eigenvalue weighted by molar-refractivity contribution is 0.0223. The fourth-order valence-electron chi connectivity index (χ4n) is 3.55. The predicted octanol–water partition coefficient (Wildman–Crippen LogP) is 0.711. The first-order chi connectivity index (χ1) is 9.88. The van der Waals surface area contributed by atoms with Gasteiger partial charge in [0.2, 0.25) is 0 Å². The molecule has 3 aliphatic rings. The van der Waals surface area contributed by atoms with Crippen LogP contribution in [0.15, 0.2) is 18.2 Å². The van der Waals surface area contributed by atoms with Crippen molar-refractivity contribution in [1.82, 2.24) is 15.1 Å². The number of benzene rings is 1. The maximum atomic E-state index is 5.57. The molecular formula is C16H23N3O. The molecule has 1 aromatic carbocycles. The first-order valence-corrected chi connectivity index (χ1v) is 7.80. The summed E-state index contributed by atoms with van der Waals surface area (Å²) in [5, 5.41) is 3.43. The van der Waals surface area contributed by atoms with E-state index < -0.39 is 0 Å². The maximum absolute atomic E-state index is 5.57. The number of nitrogens with zero attached hydrogens (tertiary/aromatic N) is 2. The van der Waals surface area contributed by atoms with Gasteiger partial charge in [-0.1, -0.05) is 12.1 Å². The predicted molar refractivity (Wildman–Crippen MR) is 79.1 cm³/mol. The van der Waals surface area contributed by atoms with E-state index >= 15 is 0 Å². The number of nitrogens with one attached hydrogen (secondary N) is 1. The normalized spacial score (nSPS) is 24.2. The van der Waals surface area contributed by atoms with Crippen LogP contribution in [0.2, 0.25) is 0 Å². The fourth-order valence-corrected chi connectivity index (χ4v) is 3.55. The van der Waals surface area contributed by atoms with Crippen LogP contribution in [0.25, 0.3) is 0 Å². The average Bonchev–Trinajstić information content (AvgIpc) is 2.91. The molecule has 3 aliphatic heterocycles. The summed E-state index contributed by atoms with van der Waals surface area (Å²) in [6, 6.07) is 7.49. The largest absolute Gasteiger partial charge is 0.493 e.